The SMILES string of the molecule is Cc1cc(C(=O)Nc2n[nH]c(C)n2)nc(Cl)n1. The van der Waals surface area contributed by atoms with E-state index in [-0.39, 0.29) is 16.9 Å². The zero-order valence-corrected chi connectivity index (χ0v) is 9.91. The summed E-state index contributed by atoms with van der Waals surface area (Å²) in [5, 5.41) is 8.92. The smallest absolute Gasteiger partial charge is 0.276 e. The molecular formula is C9H9ClN6O. The van der Waals surface area contributed by atoms with Gasteiger partial charge >= 0.3 is 0 Å². The summed E-state index contributed by atoms with van der Waals surface area (Å²) in [6.07, 6.45) is 0. The number of aryl methyl sites for hydroxylation is 2. The van der Waals surface area contributed by atoms with Crippen molar-refractivity contribution < 1.29 is 4.79 Å². The standard InChI is InChI=1S/C9H9ClN6O/c1-4-3-6(13-8(10)11-4)7(17)14-9-12-5(2)15-16-9/h3H,1-2H3,(H2,12,14,15,16,17). The van der Waals surface area contributed by atoms with Crippen molar-refractivity contribution in [3.05, 3.63) is 28.6 Å². The van der Waals surface area contributed by atoms with Crippen LogP contribution in [0.1, 0.15) is 22.0 Å². The number of hydrogen-bond donors (Lipinski definition) is 2. The summed E-state index contributed by atoms with van der Waals surface area (Å²) in [6, 6.07) is 1.53. The number of aromatic amines is 1. The van der Waals surface area contributed by atoms with Crippen LogP contribution in [0.2, 0.25) is 5.28 Å². The van der Waals surface area contributed by atoms with Crippen LogP contribution in [0, 0.1) is 13.8 Å². The minimum absolute atomic E-state index is 0.0290. The molecule has 2 N–H and O–H groups in total. The molecule has 7 nitrogen and oxygen atoms in total. The number of H-pyrrole nitrogens is 1. The first-order chi connectivity index (χ1) is 8.04. The molecule has 0 spiro atoms. The lowest BCUT2D eigenvalue weighted by molar-refractivity contribution is 0.102. The predicted octanol–water partition coefficient (Wildman–Crippen LogP) is 1.12. The zero-order valence-electron chi connectivity index (χ0n) is 9.15. The molecule has 8 heteroatoms. The van der Waals surface area contributed by atoms with Gasteiger partial charge in [-0.15, -0.1) is 5.10 Å². The van der Waals surface area contributed by atoms with Gasteiger partial charge in [-0.25, -0.2) is 9.97 Å². The Kier molecular flexibility index (Phi) is 3.01. The van der Waals surface area contributed by atoms with Crippen LogP contribution in [0.25, 0.3) is 0 Å². The van der Waals surface area contributed by atoms with Crippen molar-refractivity contribution in [2.24, 2.45) is 0 Å². The third-order valence-electron chi connectivity index (χ3n) is 1.88. The molecule has 2 heterocycles. The quantitative estimate of drug-likeness (QED) is 0.781. The zero-order chi connectivity index (χ0) is 12.4. The van der Waals surface area contributed by atoms with Crippen molar-refractivity contribution in [3.8, 4) is 0 Å². The van der Waals surface area contributed by atoms with Crippen molar-refractivity contribution in [1.82, 2.24) is 25.1 Å². The topological polar surface area (TPSA) is 96.5 Å². The van der Waals surface area contributed by atoms with Gasteiger partial charge in [0, 0.05) is 5.69 Å². The summed E-state index contributed by atoms with van der Waals surface area (Å²) < 4.78 is 0. The van der Waals surface area contributed by atoms with E-state index >= 15 is 0 Å². The largest absolute Gasteiger partial charge is 0.288 e. The molecule has 0 aliphatic heterocycles. The molecule has 2 aromatic rings. The van der Waals surface area contributed by atoms with E-state index in [0.29, 0.717) is 11.5 Å². The van der Waals surface area contributed by atoms with Gasteiger partial charge in [-0.05, 0) is 31.5 Å². The number of anilines is 1. The van der Waals surface area contributed by atoms with E-state index in [1.165, 1.54) is 6.07 Å². The molecular weight excluding hydrogens is 244 g/mol. The maximum Gasteiger partial charge on any atom is 0.276 e. The molecule has 0 aromatic carbocycles. The maximum atomic E-state index is 11.8. The van der Waals surface area contributed by atoms with Crippen molar-refractivity contribution in [2.75, 3.05) is 5.32 Å². The van der Waals surface area contributed by atoms with E-state index in [4.69, 9.17) is 11.6 Å². The van der Waals surface area contributed by atoms with E-state index in [1.54, 1.807) is 13.8 Å². The number of hydrogen-bond acceptors (Lipinski definition) is 5. The molecule has 2 aromatic heterocycles. The molecule has 17 heavy (non-hydrogen) atoms. The Bertz CT molecular complexity index is 546. The average Bonchev–Trinajstić information content (AvgIpc) is 2.62. The molecule has 0 atom stereocenters. The molecule has 1 amide bonds. The summed E-state index contributed by atoms with van der Waals surface area (Å²) in [5.74, 6) is 0.369. The second-order valence-electron chi connectivity index (χ2n) is 3.36. The van der Waals surface area contributed by atoms with Crippen LogP contribution in [-0.4, -0.2) is 31.1 Å². The van der Waals surface area contributed by atoms with Crippen molar-refractivity contribution >= 4 is 23.5 Å². The monoisotopic (exact) mass is 252 g/mol. The van der Waals surface area contributed by atoms with Crippen LogP contribution >= 0.6 is 11.6 Å². The average molecular weight is 253 g/mol. The minimum atomic E-state index is -0.434. The third-order valence-corrected chi connectivity index (χ3v) is 2.05. The predicted molar refractivity (Wildman–Crippen MR) is 60.9 cm³/mol. The molecule has 0 saturated heterocycles. The maximum absolute atomic E-state index is 11.8. The number of nitrogens with one attached hydrogen (secondary N) is 2. The van der Waals surface area contributed by atoms with Crippen molar-refractivity contribution in [3.63, 3.8) is 0 Å². The van der Waals surface area contributed by atoms with E-state index in [9.17, 15) is 4.79 Å². The molecule has 0 aliphatic rings. The Morgan fingerprint density at radius 1 is 1.35 bits per heavy atom. The summed E-state index contributed by atoms with van der Waals surface area (Å²) >= 11 is 5.66. The summed E-state index contributed by atoms with van der Waals surface area (Å²) in [7, 11) is 0. The Morgan fingerprint density at radius 3 is 2.71 bits per heavy atom. The Hall–Kier alpha value is -2.02. The van der Waals surface area contributed by atoms with Crippen molar-refractivity contribution in [1.29, 1.82) is 0 Å². The lowest BCUT2D eigenvalue weighted by atomic mass is 10.3. The van der Waals surface area contributed by atoms with Crippen LogP contribution in [0.15, 0.2) is 6.07 Å². The van der Waals surface area contributed by atoms with Gasteiger partial charge in [-0.2, -0.15) is 4.98 Å². The number of halogens is 1. The van der Waals surface area contributed by atoms with E-state index < -0.39 is 5.91 Å². The first-order valence-electron chi connectivity index (χ1n) is 4.76. The lowest BCUT2D eigenvalue weighted by Crippen LogP contribution is -2.15. The first-order valence-corrected chi connectivity index (χ1v) is 5.14. The van der Waals surface area contributed by atoms with Crippen LogP contribution in [0.3, 0.4) is 0 Å². The normalized spacial score (nSPS) is 10.3. The molecule has 0 unspecified atom stereocenters. The van der Waals surface area contributed by atoms with Gasteiger partial charge in [-0.1, -0.05) is 0 Å². The molecule has 0 fully saturated rings. The number of carbonyl (C=O) groups excluding carboxylic acids is 1. The van der Waals surface area contributed by atoms with Gasteiger partial charge < -0.3 is 0 Å². The number of carbonyl (C=O) groups is 1. The molecule has 0 bridgehead atoms. The second kappa shape index (κ2) is 4.46. The molecule has 88 valence electrons. The van der Waals surface area contributed by atoms with Gasteiger partial charge in [0.25, 0.3) is 5.91 Å². The number of rotatable bonds is 2. The first kappa shape index (κ1) is 11.5. The molecule has 0 saturated carbocycles. The Morgan fingerprint density at radius 2 is 2.12 bits per heavy atom. The van der Waals surface area contributed by atoms with E-state index in [1.807, 2.05) is 0 Å². The molecule has 0 radical (unpaired) electrons. The number of amides is 1. The lowest BCUT2D eigenvalue weighted by Gasteiger charge is -2.01. The van der Waals surface area contributed by atoms with Crippen LogP contribution < -0.4 is 5.32 Å². The van der Waals surface area contributed by atoms with E-state index in [2.05, 4.69) is 30.5 Å². The summed E-state index contributed by atoms with van der Waals surface area (Å²) in [5.41, 5.74) is 0.784. The Balaban J connectivity index is 2.19. The highest BCUT2D eigenvalue weighted by Gasteiger charge is 2.12. The van der Waals surface area contributed by atoms with Crippen LogP contribution in [0.4, 0.5) is 5.95 Å². The molecule has 0 aliphatic carbocycles. The fourth-order valence-corrected chi connectivity index (χ4v) is 1.44. The minimum Gasteiger partial charge on any atom is -0.288 e. The Labute approximate surface area is 102 Å². The highest BCUT2D eigenvalue weighted by Crippen LogP contribution is 2.07. The number of nitrogens with zero attached hydrogens (tertiary/aromatic N) is 4. The summed E-state index contributed by atoms with van der Waals surface area (Å²) in [4.78, 5) is 23.4. The van der Waals surface area contributed by atoms with Gasteiger partial charge in [0.15, 0.2) is 0 Å². The second-order valence-corrected chi connectivity index (χ2v) is 3.70. The van der Waals surface area contributed by atoms with Gasteiger partial charge in [0.05, 0.1) is 0 Å². The highest BCUT2D eigenvalue weighted by molar-refractivity contribution is 6.28. The fourth-order valence-electron chi connectivity index (χ4n) is 1.21. The van der Waals surface area contributed by atoms with Crippen LogP contribution in [-0.2, 0) is 0 Å². The number of aromatic nitrogens is 5. The van der Waals surface area contributed by atoms with Crippen LogP contribution in [0.5, 0.6) is 0 Å². The molecule has 2 rings (SSSR count). The van der Waals surface area contributed by atoms with Gasteiger partial charge in [0.1, 0.15) is 11.5 Å². The van der Waals surface area contributed by atoms with Crippen molar-refractivity contribution in [2.45, 2.75) is 13.8 Å². The highest BCUT2D eigenvalue weighted by atomic mass is 35.5. The van der Waals surface area contributed by atoms with Gasteiger partial charge in [-0.3, -0.25) is 15.2 Å². The van der Waals surface area contributed by atoms with E-state index in [0.717, 1.165) is 0 Å². The third kappa shape index (κ3) is 2.76. The summed E-state index contributed by atoms with van der Waals surface area (Å²) in [6.45, 7) is 3.45. The fraction of sp³-hybridized carbons (Fsp3) is 0.222. The van der Waals surface area contributed by atoms with Gasteiger partial charge in [0.2, 0.25) is 11.2 Å².